The first-order chi connectivity index (χ1) is 8.81. The molecule has 7 nitrogen and oxygen atoms in total. The van der Waals surface area contributed by atoms with E-state index in [9.17, 15) is 14.7 Å². The fourth-order valence-corrected chi connectivity index (χ4v) is 1.51. The fraction of sp³-hybridized carbons (Fsp3) is 0.583. The summed E-state index contributed by atoms with van der Waals surface area (Å²) in [5.74, 6) is -0.809. The van der Waals surface area contributed by atoms with E-state index in [2.05, 4.69) is 9.84 Å². The number of hydrogen-bond acceptors (Lipinski definition) is 6. The predicted octanol–water partition coefficient (Wildman–Crippen LogP) is -0.377. The van der Waals surface area contributed by atoms with Gasteiger partial charge in [0.2, 0.25) is 0 Å². The molecule has 1 rings (SSSR count). The monoisotopic (exact) mass is 269 g/mol. The molecular weight excluding hydrogens is 250 g/mol. The highest BCUT2D eigenvalue weighted by molar-refractivity contribution is 5.78. The van der Waals surface area contributed by atoms with E-state index in [1.807, 2.05) is 18.9 Å². The topological polar surface area (TPSA) is 84.7 Å². The fourth-order valence-electron chi connectivity index (χ4n) is 1.51. The van der Waals surface area contributed by atoms with Gasteiger partial charge in [0.15, 0.2) is 5.60 Å². The largest absolute Gasteiger partial charge is 0.467 e. The Hall–Kier alpha value is -1.89. The Morgan fingerprint density at radius 3 is 2.74 bits per heavy atom. The SMILES string of the molecule is CCN(C)c1cnn(CC(C)(O)C(=O)OC)c(=O)c1. The number of carbonyl (C=O) groups is 1. The van der Waals surface area contributed by atoms with Crippen molar-refractivity contribution in [1.29, 1.82) is 0 Å². The molecule has 1 aromatic rings. The number of carbonyl (C=O) groups excluding carboxylic acids is 1. The summed E-state index contributed by atoms with van der Waals surface area (Å²) >= 11 is 0. The summed E-state index contributed by atoms with van der Waals surface area (Å²) in [7, 11) is 3.01. The lowest BCUT2D eigenvalue weighted by Gasteiger charge is -2.21. The summed E-state index contributed by atoms with van der Waals surface area (Å²) in [5.41, 5.74) is -1.49. The van der Waals surface area contributed by atoms with E-state index in [-0.39, 0.29) is 12.1 Å². The van der Waals surface area contributed by atoms with Crippen LogP contribution >= 0.6 is 0 Å². The number of ether oxygens (including phenoxy) is 1. The van der Waals surface area contributed by atoms with Crippen molar-refractivity contribution in [3.63, 3.8) is 0 Å². The van der Waals surface area contributed by atoms with Crippen LogP contribution in [0.3, 0.4) is 0 Å². The van der Waals surface area contributed by atoms with E-state index < -0.39 is 11.6 Å². The summed E-state index contributed by atoms with van der Waals surface area (Å²) < 4.78 is 5.50. The molecule has 0 radical (unpaired) electrons. The molecule has 0 fully saturated rings. The number of nitrogens with zero attached hydrogens (tertiary/aromatic N) is 3. The van der Waals surface area contributed by atoms with Crippen molar-refractivity contribution in [3.8, 4) is 0 Å². The number of aromatic nitrogens is 2. The van der Waals surface area contributed by atoms with Crippen LogP contribution in [0, 0.1) is 0 Å². The van der Waals surface area contributed by atoms with Crippen LogP contribution in [0.1, 0.15) is 13.8 Å². The van der Waals surface area contributed by atoms with Crippen molar-refractivity contribution in [3.05, 3.63) is 22.6 Å². The zero-order valence-corrected chi connectivity index (χ0v) is 11.6. The van der Waals surface area contributed by atoms with Crippen molar-refractivity contribution in [2.75, 3.05) is 25.6 Å². The molecule has 0 spiro atoms. The lowest BCUT2D eigenvalue weighted by molar-refractivity contribution is -0.162. The van der Waals surface area contributed by atoms with Gasteiger partial charge in [0.25, 0.3) is 5.56 Å². The van der Waals surface area contributed by atoms with Crippen LogP contribution in [0.4, 0.5) is 5.69 Å². The van der Waals surface area contributed by atoms with Gasteiger partial charge in [-0.1, -0.05) is 0 Å². The number of anilines is 1. The lowest BCUT2D eigenvalue weighted by atomic mass is 10.1. The van der Waals surface area contributed by atoms with E-state index in [0.717, 1.165) is 11.2 Å². The Balaban J connectivity index is 2.98. The third kappa shape index (κ3) is 3.54. The summed E-state index contributed by atoms with van der Waals surface area (Å²) in [5, 5.41) is 13.8. The van der Waals surface area contributed by atoms with Crippen molar-refractivity contribution in [2.45, 2.75) is 26.0 Å². The van der Waals surface area contributed by atoms with Gasteiger partial charge in [-0.2, -0.15) is 5.10 Å². The molecule has 106 valence electrons. The van der Waals surface area contributed by atoms with Gasteiger partial charge in [-0.25, -0.2) is 9.48 Å². The van der Waals surface area contributed by atoms with Crippen LogP contribution in [0.15, 0.2) is 17.1 Å². The molecule has 0 bridgehead atoms. The average Bonchev–Trinajstić information content (AvgIpc) is 2.38. The van der Waals surface area contributed by atoms with Crippen molar-refractivity contribution >= 4 is 11.7 Å². The third-order valence-electron chi connectivity index (χ3n) is 2.85. The van der Waals surface area contributed by atoms with E-state index in [0.29, 0.717) is 5.69 Å². The van der Waals surface area contributed by atoms with Crippen molar-refractivity contribution < 1.29 is 14.6 Å². The second-order valence-corrected chi connectivity index (χ2v) is 4.49. The maximum Gasteiger partial charge on any atom is 0.339 e. The molecule has 0 aliphatic carbocycles. The van der Waals surface area contributed by atoms with Crippen LogP contribution in [0.5, 0.6) is 0 Å². The van der Waals surface area contributed by atoms with Crippen molar-refractivity contribution in [2.24, 2.45) is 0 Å². The van der Waals surface area contributed by atoms with E-state index in [1.165, 1.54) is 26.3 Å². The molecule has 7 heteroatoms. The highest BCUT2D eigenvalue weighted by Crippen LogP contribution is 2.10. The van der Waals surface area contributed by atoms with Gasteiger partial charge in [0.05, 0.1) is 25.5 Å². The first-order valence-corrected chi connectivity index (χ1v) is 5.91. The van der Waals surface area contributed by atoms with E-state index >= 15 is 0 Å². The minimum atomic E-state index is -1.79. The first-order valence-electron chi connectivity index (χ1n) is 5.91. The van der Waals surface area contributed by atoms with Gasteiger partial charge in [-0.3, -0.25) is 4.79 Å². The maximum absolute atomic E-state index is 11.9. The molecule has 0 aliphatic heterocycles. The summed E-state index contributed by atoms with van der Waals surface area (Å²) in [6, 6.07) is 1.41. The van der Waals surface area contributed by atoms with Gasteiger partial charge in [0.1, 0.15) is 0 Å². The zero-order chi connectivity index (χ0) is 14.6. The Labute approximate surface area is 111 Å². The number of rotatable bonds is 5. The van der Waals surface area contributed by atoms with Crippen LogP contribution in [-0.4, -0.2) is 47.2 Å². The van der Waals surface area contributed by atoms with Crippen LogP contribution in [0.2, 0.25) is 0 Å². The van der Waals surface area contributed by atoms with Crippen LogP contribution < -0.4 is 10.5 Å². The van der Waals surface area contributed by atoms with Gasteiger partial charge in [-0.15, -0.1) is 0 Å². The number of methoxy groups -OCH3 is 1. The molecule has 0 aliphatic rings. The lowest BCUT2D eigenvalue weighted by Crippen LogP contribution is -2.43. The average molecular weight is 269 g/mol. The molecule has 1 heterocycles. The smallest absolute Gasteiger partial charge is 0.339 e. The molecule has 1 N–H and O–H groups in total. The molecular formula is C12H19N3O4. The highest BCUT2D eigenvalue weighted by atomic mass is 16.5. The van der Waals surface area contributed by atoms with E-state index in [4.69, 9.17) is 0 Å². The zero-order valence-electron chi connectivity index (χ0n) is 11.6. The summed E-state index contributed by atoms with van der Waals surface area (Å²) in [6.45, 7) is 3.71. The standard InChI is InChI=1S/C12H19N3O4/c1-5-14(3)9-6-10(16)15(13-7-9)8-12(2,18)11(17)19-4/h6-7,18H,5,8H2,1-4H3. The van der Waals surface area contributed by atoms with Gasteiger partial charge < -0.3 is 14.7 Å². The minimum absolute atomic E-state index is 0.255. The molecule has 0 amide bonds. The van der Waals surface area contributed by atoms with Crippen LogP contribution in [-0.2, 0) is 16.1 Å². The first kappa shape index (κ1) is 15.2. The number of aliphatic hydroxyl groups is 1. The summed E-state index contributed by atoms with van der Waals surface area (Å²) in [6.07, 6.45) is 1.51. The molecule has 0 saturated carbocycles. The summed E-state index contributed by atoms with van der Waals surface area (Å²) in [4.78, 5) is 25.1. The van der Waals surface area contributed by atoms with Crippen molar-refractivity contribution in [1.82, 2.24) is 9.78 Å². The Kier molecular flexibility index (Phi) is 4.66. The predicted molar refractivity (Wildman–Crippen MR) is 70.1 cm³/mol. The minimum Gasteiger partial charge on any atom is -0.467 e. The number of hydrogen-bond donors (Lipinski definition) is 1. The molecule has 1 atom stereocenters. The van der Waals surface area contributed by atoms with E-state index in [1.54, 1.807) is 0 Å². The second-order valence-electron chi connectivity index (χ2n) is 4.49. The molecule has 1 aromatic heterocycles. The molecule has 0 aromatic carbocycles. The second kappa shape index (κ2) is 5.83. The molecule has 0 saturated heterocycles. The van der Waals surface area contributed by atoms with Gasteiger partial charge in [0, 0.05) is 19.7 Å². The normalized spacial score (nSPS) is 13.7. The highest BCUT2D eigenvalue weighted by Gasteiger charge is 2.32. The van der Waals surface area contributed by atoms with Gasteiger partial charge in [-0.05, 0) is 13.8 Å². The number of esters is 1. The Bertz CT molecular complexity index is 510. The Morgan fingerprint density at radius 1 is 1.63 bits per heavy atom. The maximum atomic E-state index is 11.9. The van der Waals surface area contributed by atoms with Crippen LogP contribution in [0.25, 0.3) is 0 Å². The molecule has 1 unspecified atom stereocenters. The van der Waals surface area contributed by atoms with Gasteiger partial charge >= 0.3 is 5.97 Å². The quantitative estimate of drug-likeness (QED) is 0.734. The Morgan fingerprint density at radius 2 is 2.26 bits per heavy atom. The third-order valence-corrected chi connectivity index (χ3v) is 2.85. The molecule has 19 heavy (non-hydrogen) atoms.